The van der Waals surface area contributed by atoms with E-state index in [4.69, 9.17) is 4.74 Å². The van der Waals surface area contributed by atoms with Crippen LogP contribution in [0.1, 0.15) is 130 Å². The van der Waals surface area contributed by atoms with Crippen molar-refractivity contribution in [2.24, 2.45) is 44.8 Å². The van der Waals surface area contributed by atoms with Gasteiger partial charge in [-0.25, -0.2) is 0 Å². The highest BCUT2D eigenvalue weighted by Gasteiger charge is 2.86. The first kappa shape index (κ1) is 27.7. The van der Waals surface area contributed by atoms with Gasteiger partial charge in [-0.3, -0.25) is 4.90 Å². The predicted octanol–water partition coefficient (Wildman–Crippen LogP) is 7.92. The molecule has 8 aliphatic rings. The molecule has 3 heteroatoms. The Balaban J connectivity index is 1.32. The molecule has 6 aliphatic carbocycles. The molecule has 6 fully saturated rings. The van der Waals surface area contributed by atoms with Crippen LogP contribution in [-0.2, 0) is 4.74 Å². The fourth-order valence-corrected chi connectivity index (χ4v) is 15.2. The minimum atomic E-state index is 0.259. The van der Waals surface area contributed by atoms with Gasteiger partial charge in [0.25, 0.3) is 0 Å². The number of ether oxygens (including phenoxy) is 1. The maximum atomic E-state index is 9.68. The van der Waals surface area contributed by atoms with Crippen molar-refractivity contribution >= 4 is 0 Å². The van der Waals surface area contributed by atoms with E-state index in [1.54, 1.807) is 5.57 Å². The molecule has 8 rings (SSSR count). The highest BCUT2D eigenvalue weighted by molar-refractivity contribution is 5.48. The summed E-state index contributed by atoms with van der Waals surface area (Å²) in [5, 5.41) is 9.68. The van der Waals surface area contributed by atoms with Crippen molar-refractivity contribution < 1.29 is 9.84 Å². The van der Waals surface area contributed by atoms with E-state index in [0.717, 1.165) is 50.4 Å². The molecule has 0 aromatic carbocycles. The molecule has 5 saturated carbocycles. The van der Waals surface area contributed by atoms with Crippen LogP contribution in [0, 0.1) is 56.7 Å². The van der Waals surface area contributed by atoms with Gasteiger partial charge in [0.2, 0.25) is 0 Å². The van der Waals surface area contributed by atoms with Gasteiger partial charge in [0.1, 0.15) is 0 Å². The van der Waals surface area contributed by atoms with E-state index in [1.165, 1.54) is 90.0 Å². The Morgan fingerprint density at radius 1 is 1.10 bits per heavy atom. The van der Waals surface area contributed by atoms with Crippen LogP contribution >= 0.6 is 0 Å². The molecule has 0 amide bonds. The third-order valence-corrected chi connectivity index (χ3v) is 16.5. The second-order valence-corrected chi connectivity index (χ2v) is 16.8. The van der Waals surface area contributed by atoms with Crippen molar-refractivity contribution in [2.45, 2.75) is 142 Å². The van der Waals surface area contributed by atoms with Crippen molar-refractivity contribution in [1.82, 2.24) is 4.90 Å². The molecule has 2 bridgehead atoms. The molecule has 1 saturated heterocycles. The minimum Gasteiger partial charge on any atom is -0.396 e. The fourth-order valence-electron chi connectivity index (χ4n) is 15.2. The highest BCUT2D eigenvalue weighted by Crippen LogP contribution is 2.90. The SMILES string of the molecule is CCOCCC12CCCC13CC(C)C14CCC(C)=C1CC31C(CC2)N2CC23CCC(CCCO)C3CC#CCC41C. The van der Waals surface area contributed by atoms with Crippen LogP contribution in [0.25, 0.3) is 0 Å². The van der Waals surface area contributed by atoms with Gasteiger partial charge in [0.15, 0.2) is 0 Å². The molecular formula is C38H57NO2. The van der Waals surface area contributed by atoms with Crippen molar-refractivity contribution in [1.29, 1.82) is 0 Å². The molecule has 3 nitrogen and oxygen atoms in total. The molecule has 41 heavy (non-hydrogen) atoms. The summed E-state index contributed by atoms with van der Waals surface area (Å²) in [7, 11) is 0. The molecule has 2 aliphatic heterocycles. The average molecular weight is 560 g/mol. The Morgan fingerprint density at radius 3 is 2.80 bits per heavy atom. The molecule has 226 valence electrons. The summed E-state index contributed by atoms with van der Waals surface area (Å²) in [5.74, 6) is 10.2. The maximum absolute atomic E-state index is 9.68. The van der Waals surface area contributed by atoms with Crippen LogP contribution in [0.4, 0.5) is 0 Å². The van der Waals surface area contributed by atoms with Gasteiger partial charge in [-0.1, -0.05) is 31.4 Å². The van der Waals surface area contributed by atoms with Crippen LogP contribution in [0.3, 0.4) is 0 Å². The lowest BCUT2D eigenvalue weighted by Gasteiger charge is -2.74. The van der Waals surface area contributed by atoms with E-state index in [1.807, 2.05) is 5.57 Å². The van der Waals surface area contributed by atoms with Crippen molar-refractivity contribution in [3.8, 4) is 11.8 Å². The van der Waals surface area contributed by atoms with Gasteiger partial charge < -0.3 is 9.84 Å². The monoisotopic (exact) mass is 559 g/mol. The number of hydrogen-bond acceptors (Lipinski definition) is 3. The molecular weight excluding hydrogens is 502 g/mol. The second kappa shape index (κ2) is 9.11. The Bertz CT molecular complexity index is 1200. The Hall–Kier alpha value is -0.820. The number of fused-ring (bicyclic) bond motifs is 1. The van der Waals surface area contributed by atoms with Crippen molar-refractivity contribution in [2.75, 3.05) is 26.4 Å². The lowest BCUT2D eigenvalue weighted by Crippen LogP contribution is -2.72. The van der Waals surface area contributed by atoms with Crippen LogP contribution in [0.2, 0.25) is 0 Å². The molecule has 4 spiro atoms. The van der Waals surface area contributed by atoms with Crippen LogP contribution in [0.15, 0.2) is 11.1 Å². The van der Waals surface area contributed by atoms with Crippen molar-refractivity contribution in [3.05, 3.63) is 11.1 Å². The zero-order valence-corrected chi connectivity index (χ0v) is 26.8. The van der Waals surface area contributed by atoms with E-state index in [9.17, 15) is 5.11 Å². The van der Waals surface area contributed by atoms with Crippen molar-refractivity contribution in [3.63, 3.8) is 0 Å². The normalized spacial score (nSPS) is 54.0. The summed E-state index contributed by atoms with van der Waals surface area (Å²) in [6.45, 7) is 13.7. The zero-order chi connectivity index (χ0) is 28.3. The number of allylic oxidation sites excluding steroid dienone is 2. The van der Waals surface area contributed by atoms with E-state index < -0.39 is 0 Å². The summed E-state index contributed by atoms with van der Waals surface area (Å²) in [6, 6.07) is 0.722. The lowest BCUT2D eigenvalue weighted by molar-refractivity contribution is -0.262. The Morgan fingerprint density at radius 2 is 1.98 bits per heavy atom. The highest BCUT2D eigenvalue weighted by atomic mass is 16.5. The summed E-state index contributed by atoms with van der Waals surface area (Å²) >= 11 is 0. The Labute approximate surface area is 250 Å². The van der Waals surface area contributed by atoms with Gasteiger partial charge in [-0.05, 0) is 131 Å². The summed E-state index contributed by atoms with van der Waals surface area (Å²) in [5.41, 5.74) is 5.93. The summed E-state index contributed by atoms with van der Waals surface area (Å²) in [6.07, 6.45) is 21.1. The number of hydrogen-bond donors (Lipinski definition) is 1. The molecule has 1 N–H and O–H groups in total. The number of aliphatic hydroxyl groups is 1. The fraction of sp³-hybridized carbons (Fsp3) is 0.895. The lowest BCUT2D eigenvalue weighted by atomic mass is 9.30. The second-order valence-electron chi connectivity index (χ2n) is 16.8. The summed E-state index contributed by atoms with van der Waals surface area (Å²) < 4.78 is 6.18. The van der Waals surface area contributed by atoms with Gasteiger partial charge in [-0.2, -0.15) is 0 Å². The summed E-state index contributed by atoms with van der Waals surface area (Å²) in [4.78, 5) is 3.18. The Kier molecular flexibility index (Phi) is 6.16. The molecule has 11 atom stereocenters. The minimum absolute atomic E-state index is 0.259. The zero-order valence-electron chi connectivity index (χ0n) is 26.8. The first-order chi connectivity index (χ1) is 19.8. The number of rotatable bonds is 7. The predicted molar refractivity (Wildman–Crippen MR) is 165 cm³/mol. The number of aliphatic hydroxyl groups excluding tert-OH is 1. The molecule has 11 unspecified atom stereocenters. The smallest absolute Gasteiger partial charge is 0.0471 e. The molecule has 0 radical (unpaired) electrons. The first-order valence-electron chi connectivity index (χ1n) is 17.9. The van der Waals surface area contributed by atoms with Gasteiger partial charge in [0.05, 0.1) is 0 Å². The van der Waals surface area contributed by atoms with Gasteiger partial charge in [0, 0.05) is 61.6 Å². The van der Waals surface area contributed by atoms with Crippen LogP contribution in [-0.4, -0.2) is 48.0 Å². The largest absolute Gasteiger partial charge is 0.396 e. The topological polar surface area (TPSA) is 32.5 Å². The quantitative estimate of drug-likeness (QED) is 0.149. The maximum Gasteiger partial charge on any atom is 0.0471 e. The van der Waals surface area contributed by atoms with Crippen LogP contribution in [0.5, 0.6) is 0 Å². The molecule has 0 aromatic rings. The van der Waals surface area contributed by atoms with E-state index in [2.05, 4.69) is 44.4 Å². The van der Waals surface area contributed by atoms with E-state index >= 15 is 0 Å². The molecule has 0 aromatic heterocycles. The third kappa shape index (κ3) is 3.01. The van der Waals surface area contributed by atoms with Gasteiger partial charge in [-0.15, -0.1) is 11.8 Å². The standard InChI is InChI=1S/C38H57NO2/c1-5-41-23-21-34-16-9-17-36(34)24-28(3)37-20-12-27(2)31(37)25-38(36)32(14-18-34)39-26-35(39)19-13-29(10-8-22-40)30(35)11-6-7-15-33(37,38)4/h28-30,32,40H,5,8-26H2,1-4H3. The first-order valence-corrected chi connectivity index (χ1v) is 17.9. The number of nitrogens with zero attached hydrogens (tertiary/aromatic N) is 1. The van der Waals surface area contributed by atoms with Gasteiger partial charge >= 0.3 is 0 Å². The third-order valence-electron chi connectivity index (χ3n) is 16.5. The molecule has 2 heterocycles. The average Bonchev–Trinajstić information content (AvgIpc) is 3.14. The van der Waals surface area contributed by atoms with E-state index in [0.29, 0.717) is 39.7 Å². The van der Waals surface area contributed by atoms with E-state index in [-0.39, 0.29) is 5.41 Å². The van der Waals surface area contributed by atoms with Crippen LogP contribution < -0.4 is 0 Å².